The number of aromatic nitrogens is 4. The zero-order valence-corrected chi connectivity index (χ0v) is 52.7. The third-order valence-electron chi connectivity index (χ3n) is 14.9. The summed E-state index contributed by atoms with van der Waals surface area (Å²) in [6.07, 6.45) is 8.85. The number of pyridine rings is 4. The third kappa shape index (κ3) is 15.1. The Morgan fingerprint density at radius 1 is 0.729 bits per heavy atom. The van der Waals surface area contributed by atoms with E-state index < -0.39 is 34.9 Å². The molecule has 0 bridgehead atoms. The van der Waals surface area contributed by atoms with Crippen LogP contribution >= 0.6 is 43.6 Å². The summed E-state index contributed by atoms with van der Waals surface area (Å²) in [5.74, 6) is -3.11. The van der Waals surface area contributed by atoms with Crippen LogP contribution in [0.4, 0.5) is 8.78 Å². The van der Waals surface area contributed by atoms with Crippen LogP contribution < -0.4 is 22.2 Å². The van der Waals surface area contributed by atoms with Gasteiger partial charge in [-0.2, -0.15) is 11.8 Å². The molecule has 85 heavy (non-hydrogen) atoms. The molecule has 0 saturated carbocycles. The molecule has 4 aliphatic rings. The second-order valence-electron chi connectivity index (χ2n) is 21.3. The molecule has 462 valence electrons. The van der Waals surface area contributed by atoms with E-state index in [0.717, 1.165) is 76.8 Å². The molecule has 0 radical (unpaired) electrons. The van der Waals surface area contributed by atoms with E-state index in [1.165, 1.54) is 23.9 Å². The largest absolute Gasteiger partial charge is 0.481 e. The van der Waals surface area contributed by atoms with Gasteiger partial charge in [-0.15, -0.1) is 0 Å². The van der Waals surface area contributed by atoms with Crippen molar-refractivity contribution in [2.24, 2.45) is 5.73 Å². The first-order chi connectivity index (χ1) is 40.4. The molecule has 0 aliphatic carbocycles. The second-order valence-corrected chi connectivity index (χ2v) is 23.4. The van der Waals surface area contributed by atoms with Gasteiger partial charge in [0.1, 0.15) is 24.8 Å². The molecule has 6 N–H and O–H groups in total. The molecule has 0 unspecified atom stereocenters. The Balaban J connectivity index is 0.000000249. The number of hydrogen-bond donors (Lipinski definition) is 5. The number of halogens is 4. The van der Waals surface area contributed by atoms with Gasteiger partial charge in [0.2, 0.25) is 5.91 Å². The number of alkyl halides is 2. The Bertz CT molecular complexity index is 3620. The van der Waals surface area contributed by atoms with Crippen molar-refractivity contribution in [2.75, 3.05) is 44.3 Å². The average molecular weight is 1330 g/mol. The lowest BCUT2D eigenvalue weighted by molar-refractivity contribution is -0.172. The number of carbonyl (C=O) groups excluding carboxylic acids is 3. The Morgan fingerprint density at radius 3 is 1.53 bits per heavy atom. The van der Waals surface area contributed by atoms with Crippen molar-refractivity contribution in [3.8, 4) is 22.8 Å². The molecule has 18 nitrogen and oxygen atoms in total. The van der Waals surface area contributed by atoms with E-state index in [1.54, 1.807) is 61.1 Å². The molecule has 2 atom stereocenters. The van der Waals surface area contributed by atoms with Gasteiger partial charge in [0.15, 0.2) is 11.2 Å². The number of aliphatic hydroxyl groups is 2. The molecular formula is C62H79Br2F2N7O11S. The number of nitrogens with two attached hydrogens (primary N) is 1. The van der Waals surface area contributed by atoms with Gasteiger partial charge in [-0.25, -0.2) is 28.3 Å². The number of esters is 2. The van der Waals surface area contributed by atoms with Crippen molar-refractivity contribution < 1.29 is 54.1 Å². The highest BCUT2D eigenvalue weighted by Crippen LogP contribution is 2.43. The van der Waals surface area contributed by atoms with E-state index in [-0.39, 0.29) is 105 Å². The van der Waals surface area contributed by atoms with Crippen LogP contribution in [0.5, 0.6) is 0 Å². The van der Waals surface area contributed by atoms with Crippen LogP contribution in [-0.4, -0.2) is 107 Å². The normalized spacial score (nSPS) is 16.5. The lowest BCUT2D eigenvalue weighted by Gasteiger charge is -2.31. The molecule has 0 fully saturated rings. The maximum Gasteiger partial charge on any atom is 0.343 e. The molecular weight excluding hydrogens is 1250 g/mol. The van der Waals surface area contributed by atoms with Gasteiger partial charge in [0.05, 0.1) is 58.0 Å². The number of thioether (sulfide) groups is 1. The average Bonchev–Trinajstić information content (AvgIpc) is 1.53. The van der Waals surface area contributed by atoms with E-state index in [9.17, 15) is 47.8 Å². The monoisotopic (exact) mass is 1330 g/mol. The fourth-order valence-corrected chi connectivity index (χ4v) is 11.2. The minimum Gasteiger partial charge on any atom is -0.481 e. The molecule has 4 aromatic heterocycles. The van der Waals surface area contributed by atoms with Crippen LogP contribution in [0.1, 0.15) is 142 Å². The summed E-state index contributed by atoms with van der Waals surface area (Å²) in [7, 11) is 6.00. The number of fused-ring (bicyclic) bond motifs is 10. The van der Waals surface area contributed by atoms with Gasteiger partial charge in [-0.05, 0) is 133 Å². The van der Waals surface area contributed by atoms with Crippen molar-refractivity contribution in [3.63, 3.8) is 0 Å². The predicted molar refractivity (Wildman–Crippen MR) is 336 cm³/mol. The summed E-state index contributed by atoms with van der Waals surface area (Å²) < 4.78 is 48.5. The second kappa shape index (κ2) is 30.6. The molecule has 0 saturated heterocycles. The number of ether oxygens (including phenoxy) is 2. The summed E-state index contributed by atoms with van der Waals surface area (Å²) in [5.41, 5.74) is 9.27. The maximum atomic E-state index is 14.6. The zero-order valence-electron chi connectivity index (χ0n) is 49.7. The number of cyclic esters (lactones) is 2. The summed E-state index contributed by atoms with van der Waals surface area (Å²) in [4.78, 5) is 85.4. The van der Waals surface area contributed by atoms with Crippen molar-refractivity contribution >= 4 is 89.2 Å². The number of amides is 1. The van der Waals surface area contributed by atoms with Crippen LogP contribution in [0.25, 0.3) is 44.6 Å². The van der Waals surface area contributed by atoms with Gasteiger partial charge >= 0.3 is 17.9 Å². The first-order valence-electron chi connectivity index (χ1n) is 28.4. The number of aryl methyl sites for hydroxylation is 2. The number of benzene rings is 2. The smallest absolute Gasteiger partial charge is 0.343 e. The molecule has 1 amide bonds. The Kier molecular flexibility index (Phi) is 24.5. The number of nitrogens with one attached hydrogen (secondary N) is 1. The van der Waals surface area contributed by atoms with Crippen molar-refractivity contribution in [1.82, 2.24) is 29.3 Å². The van der Waals surface area contributed by atoms with Crippen molar-refractivity contribution in [3.05, 3.63) is 124 Å². The van der Waals surface area contributed by atoms with Gasteiger partial charge in [0.25, 0.3) is 11.1 Å². The Morgan fingerprint density at radius 2 is 1.14 bits per heavy atom. The first kappa shape index (κ1) is 68.2. The molecule has 2 aromatic carbocycles. The number of carboxylic acid groups (broad SMARTS) is 1. The number of rotatable bonds is 15. The quantitative estimate of drug-likeness (QED) is 0.0363. The Hall–Kier alpha value is -5.95. The number of aliphatic carboxylic acids is 1. The van der Waals surface area contributed by atoms with E-state index in [4.69, 9.17) is 26.7 Å². The summed E-state index contributed by atoms with van der Waals surface area (Å²) >= 11 is 8.19. The first-order valence-corrected chi connectivity index (χ1v) is 31.3. The van der Waals surface area contributed by atoms with Crippen LogP contribution in [0, 0.1) is 25.5 Å². The van der Waals surface area contributed by atoms with Crippen LogP contribution in [-0.2, 0) is 79.2 Å². The van der Waals surface area contributed by atoms with Gasteiger partial charge < -0.3 is 49.9 Å². The van der Waals surface area contributed by atoms with Gasteiger partial charge in [0, 0.05) is 83.1 Å². The third-order valence-corrected chi connectivity index (χ3v) is 16.0. The van der Waals surface area contributed by atoms with E-state index >= 15 is 0 Å². The minimum atomic E-state index is -1.93. The lowest BCUT2D eigenvalue weighted by atomic mass is 9.86. The minimum absolute atomic E-state index is 0. The van der Waals surface area contributed by atoms with Crippen molar-refractivity contribution in [2.45, 2.75) is 150 Å². The fourth-order valence-electron chi connectivity index (χ4n) is 10.4. The standard InChI is InChI=1S/C28H29BrFN3O5.C22H20FN3O4.C6H11BrO2.C3H9N.C2H6S.CH4/c1-3-28(37)20-10-23-25-18(13-33(23)26(35)19(20)14-38-27(28)36)17(12-31-24(34)7-5-4-6-8-29)16-9-15(2)21(30)11-22(16)32-25;1-3-22(29)15-5-18-19-13(8-26(18)20(27)14(15)9-30-21(22)28)12(7-24)11-4-10(2)16(23)6-17(11)25-19;7-5-3-1-2-4-6(8)9;1-4(2)3;1-3-2;/h9-11,37H,3-8,12-14H2,1-2H3,(H,31,34);4-6,29H,3,7-9,24H2,1-2H3;1-5H2,(H,8,9);1-3H3;1-2H3;1H4/t28-;22-;;;;/m00..../s1/i;;;;1D;. The zero-order chi connectivity index (χ0) is 62.7. The molecule has 6 aromatic rings. The topological polar surface area (TPSA) is 258 Å². The molecule has 0 spiro atoms. The maximum absolute atomic E-state index is 14.6. The SMILES string of the molecule is C.CC[C@@]1(O)C(=O)OCc2c1cc1n(c2=O)Cc2c-1nc1cc(F)c(C)cc1c2CN.CC[C@@]1(O)C(=O)OCc2c1cc1n(c2=O)Cc2c-1nc1cc(F)c(C)cc1c2CNC(=O)CCCCCBr.CN(C)C.O=C(O)CCCCCBr.[2H]CSC. The van der Waals surface area contributed by atoms with Crippen LogP contribution in [0.15, 0.2) is 46.0 Å². The summed E-state index contributed by atoms with van der Waals surface area (Å²) in [5, 5.41) is 36.6. The van der Waals surface area contributed by atoms with E-state index in [1.807, 2.05) is 32.3 Å². The fraction of sp³-hybridized carbons (Fsp3) is 0.484. The number of nitrogens with zero attached hydrogens (tertiary/aromatic N) is 5. The number of carboxylic acids is 1. The van der Waals surface area contributed by atoms with Gasteiger partial charge in [-0.3, -0.25) is 19.2 Å². The predicted octanol–water partition coefficient (Wildman–Crippen LogP) is 9.90. The number of unbranched alkanes of at least 4 members (excludes halogenated alkanes) is 4. The van der Waals surface area contributed by atoms with Crippen LogP contribution in [0.3, 0.4) is 0 Å². The van der Waals surface area contributed by atoms with E-state index in [0.29, 0.717) is 69.4 Å². The summed E-state index contributed by atoms with van der Waals surface area (Å²) in [6, 6.07) is 9.42. The Labute approximate surface area is 517 Å². The number of hydrogen-bond acceptors (Lipinski definition) is 15. The highest BCUT2D eigenvalue weighted by molar-refractivity contribution is 9.09. The highest BCUT2D eigenvalue weighted by atomic mass is 79.9. The molecule has 10 rings (SSSR count). The highest BCUT2D eigenvalue weighted by Gasteiger charge is 2.47. The van der Waals surface area contributed by atoms with Gasteiger partial charge in [-0.1, -0.05) is 66.0 Å². The molecule has 8 heterocycles. The summed E-state index contributed by atoms with van der Waals surface area (Å²) in [6.45, 7) is 7.11. The lowest BCUT2D eigenvalue weighted by Crippen LogP contribution is -2.44. The van der Waals surface area contributed by atoms with Crippen molar-refractivity contribution in [1.29, 1.82) is 0 Å². The van der Waals surface area contributed by atoms with Crippen LogP contribution in [0.2, 0.25) is 0 Å². The molecule has 23 heteroatoms. The number of carbonyl (C=O) groups is 4. The van der Waals surface area contributed by atoms with E-state index in [2.05, 4.69) is 42.2 Å². The molecule has 4 aliphatic heterocycles.